The van der Waals surface area contributed by atoms with E-state index in [0.29, 0.717) is 6.04 Å². The van der Waals surface area contributed by atoms with Crippen molar-refractivity contribution in [1.29, 1.82) is 0 Å². The molecular formula is C9H21NOS. The van der Waals surface area contributed by atoms with Gasteiger partial charge in [-0.1, -0.05) is 13.3 Å². The zero-order valence-electron chi connectivity index (χ0n) is 8.21. The van der Waals surface area contributed by atoms with Crippen LogP contribution >= 0.6 is 11.8 Å². The third-order valence-electron chi connectivity index (χ3n) is 1.39. The molecule has 0 amide bonds. The Bertz CT molecular complexity index is 88.6. The lowest BCUT2D eigenvalue weighted by Crippen LogP contribution is -2.18. The molecule has 2 N–H and O–H groups in total. The molecule has 0 saturated heterocycles. The predicted molar refractivity (Wildman–Crippen MR) is 56.7 cm³/mol. The zero-order valence-corrected chi connectivity index (χ0v) is 9.03. The maximum atomic E-state index is 5.59. The van der Waals surface area contributed by atoms with Crippen LogP contribution in [-0.2, 0) is 4.74 Å². The molecule has 0 aliphatic heterocycles. The van der Waals surface area contributed by atoms with Crippen LogP contribution in [0.2, 0.25) is 0 Å². The molecule has 2 nitrogen and oxygen atoms in total. The van der Waals surface area contributed by atoms with Gasteiger partial charge >= 0.3 is 0 Å². The molecule has 0 saturated carbocycles. The highest BCUT2D eigenvalue weighted by atomic mass is 32.2. The molecule has 0 heterocycles. The van der Waals surface area contributed by atoms with Gasteiger partial charge in [0, 0.05) is 24.2 Å². The average Bonchev–Trinajstić information content (AvgIpc) is 2.02. The Morgan fingerprint density at radius 2 is 2.17 bits per heavy atom. The normalized spacial score (nSPS) is 13.2. The van der Waals surface area contributed by atoms with Crippen molar-refractivity contribution < 1.29 is 4.74 Å². The number of hydrogen-bond donors (Lipinski definition) is 1. The third kappa shape index (κ3) is 10.3. The van der Waals surface area contributed by atoms with E-state index in [4.69, 9.17) is 10.5 Å². The second-order valence-electron chi connectivity index (χ2n) is 3.02. The Kier molecular flexibility index (Phi) is 9.57. The minimum Gasteiger partial charge on any atom is -0.381 e. The second kappa shape index (κ2) is 9.36. The summed E-state index contributed by atoms with van der Waals surface area (Å²) >= 11 is 1.87. The van der Waals surface area contributed by atoms with Crippen molar-refractivity contribution in [2.24, 2.45) is 5.73 Å². The molecule has 1 unspecified atom stereocenters. The Morgan fingerprint density at radius 1 is 1.42 bits per heavy atom. The van der Waals surface area contributed by atoms with Crippen LogP contribution in [0.4, 0.5) is 0 Å². The van der Waals surface area contributed by atoms with Crippen LogP contribution in [0.25, 0.3) is 0 Å². The van der Waals surface area contributed by atoms with E-state index in [2.05, 4.69) is 6.92 Å². The minimum absolute atomic E-state index is 0.311. The number of nitrogens with two attached hydrogens (primary N) is 1. The number of rotatable bonds is 8. The largest absolute Gasteiger partial charge is 0.381 e. The molecule has 0 fully saturated rings. The molecule has 0 aliphatic carbocycles. The summed E-state index contributed by atoms with van der Waals surface area (Å²) < 4.78 is 5.39. The van der Waals surface area contributed by atoms with Gasteiger partial charge in [0.2, 0.25) is 0 Å². The molecule has 0 aliphatic rings. The van der Waals surface area contributed by atoms with Gasteiger partial charge in [0.05, 0.1) is 6.61 Å². The van der Waals surface area contributed by atoms with Crippen LogP contribution in [0.3, 0.4) is 0 Å². The van der Waals surface area contributed by atoms with E-state index in [9.17, 15) is 0 Å². The van der Waals surface area contributed by atoms with Crippen LogP contribution in [0.15, 0.2) is 0 Å². The summed E-state index contributed by atoms with van der Waals surface area (Å²) in [5, 5.41) is 0. The molecule has 0 aromatic rings. The van der Waals surface area contributed by atoms with Gasteiger partial charge in [-0.15, -0.1) is 0 Å². The molecule has 0 aromatic carbocycles. The van der Waals surface area contributed by atoms with Crippen molar-refractivity contribution in [3.63, 3.8) is 0 Å². The molecule has 0 radical (unpaired) electrons. The van der Waals surface area contributed by atoms with Crippen molar-refractivity contribution in [2.75, 3.05) is 24.7 Å². The van der Waals surface area contributed by atoms with E-state index in [0.717, 1.165) is 24.7 Å². The summed E-state index contributed by atoms with van der Waals surface area (Å²) in [5.41, 5.74) is 5.59. The topological polar surface area (TPSA) is 35.2 Å². The highest BCUT2D eigenvalue weighted by Crippen LogP contribution is 2.01. The van der Waals surface area contributed by atoms with Crippen LogP contribution < -0.4 is 5.73 Å². The fourth-order valence-electron chi connectivity index (χ4n) is 0.736. The molecule has 0 aromatic heterocycles. The van der Waals surface area contributed by atoms with Crippen molar-refractivity contribution in [1.82, 2.24) is 0 Å². The number of thioether (sulfide) groups is 1. The lowest BCUT2D eigenvalue weighted by atomic mass is 10.4. The lowest BCUT2D eigenvalue weighted by molar-refractivity contribution is 0.147. The summed E-state index contributed by atoms with van der Waals surface area (Å²) in [7, 11) is 0. The SMILES string of the molecule is CCCCOCCSCC(C)N. The third-order valence-corrected chi connectivity index (χ3v) is 2.61. The number of unbranched alkanes of at least 4 members (excludes halogenated alkanes) is 1. The maximum Gasteiger partial charge on any atom is 0.0556 e. The van der Waals surface area contributed by atoms with E-state index < -0.39 is 0 Å². The molecule has 74 valence electrons. The summed E-state index contributed by atoms with van der Waals surface area (Å²) in [6.45, 7) is 5.99. The monoisotopic (exact) mass is 191 g/mol. The van der Waals surface area contributed by atoms with Crippen LogP contribution in [0, 0.1) is 0 Å². The van der Waals surface area contributed by atoms with Crippen molar-refractivity contribution in [3.05, 3.63) is 0 Å². The Morgan fingerprint density at radius 3 is 2.75 bits per heavy atom. The molecule has 3 heteroatoms. The van der Waals surface area contributed by atoms with Gasteiger partial charge in [0.1, 0.15) is 0 Å². The van der Waals surface area contributed by atoms with Gasteiger partial charge < -0.3 is 10.5 Å². The summed E-state index contributed by atoms with van der Waals surface area (Å²) in [6, 6.07) is 0.311. The first-order valence-electron chi connectivity index (χ1n) is 4.68. The van der Waals surface area contributed by atoms with Gasteiger partial charge in [0.25, 0.3) is 0 Å². The molecule has 1 atom stereocenters. The fourth-order valence-corrected chi connectivity index (χ4v) is 1.51. The summed E-state index contributed by atoms with van der Waals surface area (Å²) in [4.78, 5) is 0. The van der Waals surface area contributed by atoms with Crippen molar-refractivity contribution in [3.8, 4) is 0 Å². The highest BCUT2D eigenvalue weighted by Gasteiger charge is 1.93. The first-order chi connectivity index (χ1) is 5.77. The molecule has 0 spiro atoms. The van der Waals surface area contributed by atoms with E-state index in [1.54, 1.807) is 0 Å². The summed E-state index contributed by atoms with van der Waals surface area (Å²) in [5.74, 6) is 2.11. The number of hydrogen-bond acceptors (Lipinski definition) is 3. The number of ether oxygens (including phenoxy) is 1. The van der Waals surface area contributed by atoms with Gasteiger partial charge in [-0.3, -0.25) is 0 Å². The van der Waals surface area contributed by atoms with E-state index in [1.165, 1.54) is 12.8 Å². The van der Waals surface area contributed by atoms with E-state index in [1.807, 2.05) is 18.7 Å². The van der Waals surface area contributed by atoms with Gasteiger partial charge in [-0.05, 0) is 13.3 Å². The summed E-state index contributed by atoms with van der Waals surface area (Å²) in [6.07, 6.45) is 2.39. The standard InChI is InChI=1S/C9H21NOS/c1-3-4-5-11-6-7-12-8-9(2)10/h9H,3-8,10H2,1-2H3. The zero-order chi connectivity index (χ0) is 9.23. The molecule has 0 rings (SSSR count). The van der Waals surface area contributed by atoms with Crippen LogP contribution in [0.5, 0.6) is 0 Å². The quantitative estimate of drug-likeness (QED) is 0.595. The van der Waals surface area contributed by atoms with Crippen LogP contribution in [-0.4, -0.2) is 30.8 Å². The lowest BCUT2D eigenvalue weighted by Gasteiger charge is -2.05. The van der Waals surface area contributed by atoms with Gasteiger partial charge in [-0.2, -0.15) is 11.8 Å². The molecule has 12 heavy (non-hydrogen) atoms. The Balaban J connectivity index is 2.82. The van der Waals surface area contributed by atoms with E-state index in [-0.39, 0.29) is 0 Å². The Hall–Kier alpha value is 0.270. The first kappa shape index (κ1) is 12.3. The van der Waals surface area contributed by atoms with Gasteiger partial charge in [-0.25, -0.2) is 0 Å². The Labute approximate surface area is 80.2 Å². The fraction of sp³-hybridized carbons (Fsp3) is 1.00. The minimum atomic E-state index is 0.311. The van der Waals surface area contributed by atoms with Crippen molar-refractivity contribution in [2.45, 2.75) is 32.7 Å². The van der Waals surface area contributed by atoms with Crippen molar-refractivity contribution >= 4 is 11.8 Å². The smallest absolute Gasteiger partial charge is 0.0556 e. The predicted octanol–water partition coefficient (Wildman–Crippen LogP) is 1.88. The van der Waals surface area contributed by atoms with Gasteiger partial charge in [0.15, 0.2) is 0 Å². The van der Waals surface area contributed by atoms with Crippen LogP contribution in [0.1, 0.15) is 26.7 Å². The molecule has 0 bridgehead atoms. The first-order valence-corrected chi connectivity index (χ1v) is 5.84. The average molecular weight is 191 g/mol. The molecular weight excluding hydrogens is 170 g/mol. The van der Waals surface area contributed by atoms with E-state index >= 15 is 0 Å². The second-order valence-corrected chi connectivity index (χ2v) is 4.17. The highest BCUT2D eigenvalue weighted by molar-refractivity contribution is 7.99. The maximum absolute atomic E-state index is 5.59.